The summed E-state index contributed by atoms with van der Waals surface area (Å²) in [5, 5.41) is 17.7. The zero-order valence-electron chi connectivity index (χ0n) is 9.68. The molecule has 0 aromatic rings. The lowest BCUT2D eigenvalue weighted by atomic mass is 9.76. The fraction of sp³-hybridized carbons (Fsp3) is 0.556. The molecule has 0 fully saturated rings. The van der Waals surface area contributed by atoms with E-state index in [2.05, 4.69) is 4.18 Å². The van der Waals surface area contributed by atoms with Crippen molar-refractivity contribution in [2.75, 3.05) is 0 Å². The number of alkyl halides is 3. The van der Waals surface area contributed by atoms with Crippen molar-refractivity contribution < 1.29 is 45.6 Å². The summed E-state index contributed by atoms with van der Waals surface area (Å²) in [7, 11) is -5.84. The van der Waals surface area contributed by atoms with Crippen molar-refractivity contribution in [3.8, 4) is 0 Å². The first-order valence-electron chi connectivity index (χ1n) is 5.09. The normalized spacial score (nSPS) is 19.1. The number of carboxylic acid groups (broad SMARTS) is 2. The summed E-state index contributed by atoms with van der Waals surface area (Å²) in [5.74, 6) is -3.93. The van der Waals surface area contributed by atoms with E-state index >= 15 is 0 Å². The minimum atomic E-state index is -5.84. The third-order valence-corrected chi connectivity index (χ3v) is 3.80. The number of carbonyl (C=O) groups is 2. The molecule has 0 saturated heterocycles. The molecule has 114 valence electrons. The predicted molar refractivity (Wildman–Crippen MR) is 55.7 cm³/mol. The Bertz CT molecular complexity index is 547. The van der Waals surface area contributed by atoms with Crippen LogP contribution in [0.15, 0.2) is 11.8 Å². The lowest BCUT2D eigenvalue weighted by Gasteiger charge is -2.27. The van der Waals surface area contributed by atoms with E-state index in [9.17, 15) is 31.2 Å². The summed E-state index contributed by atoms with van der Waals surface area (Å²) in [4.78, 5) is 21.8. The lowest BCUT2D eigenvalue weighted by Crippen LogP contribution is -2.40. The average molecular weight is 318 g/mol. The van der Waals surface area contributed by atoms with E-state index in [4.69, 9.17) is 10.2 Å². The number of carboxylic acids is 2. The summed E-state index contributed by atoms with van der Waals surface area (Å²) in [6.07, 6.45) is -1.06. The second kappa shape index (κ2) is 4.96. The van der Waals surface area contributed by atoms with Gasteiger partial charge in [0, 0.05) is 6.42 Å². The molecule has 0 aromatic heterocycles. The standard InChI is InChI=1S/C9H9F3O7S/c10-9(11,12)20(17,18)19-5-1-3-8(4-2-5,6(13)14)7(15)16/h1H,2-4H2,(H,13,14)(H,15,16). The molecule has 0 atom stereocenters. The fourth-order valence-electron chi connectivity index (χ4n) is 1.57. The molecule has 7 nitrogen and oxygen atoms in total. The topological polar surface area (TPSA) is 118 Å². The maximum absolute atomic E-state index is 12.1. The number of hydrogen-bond donors (Lipinski definition) is 2. The van der Waals surface area contributed by atoms with Gasteiger partial charge >= 0.3 is 27.6 Å². The van der Waals surface area contributed by atoms with Crippen molar-refractivity contribution in [1.82, 2.24) is 0 Å². The van der Waals surface area contributed by atoms with Gasteiger partial charge in [0.05, 0.1) is 0 Å². The van der Waals surface area contributed by atoms with Gasteiger partial charge < -0.3 is 14.4 Å². The molecule has 0 radical (unpaired) electrons. The Labute approximate surface area is 110 Å². The molecule has 0 bridgehead atoms. The summed E-state index contributed by atoms with van der Waals surface area (Å²) in [5.41, 5.74) is -7.79. The highest BCUT2D eigenvalue weighted by Crippen LogP contribution is 2.38. The van der Waals surface area contributed by atoms with E-state index in [1.54, 1.807) is 0 Å². The van der Waals surface area contributed by atoms with Crippen molar-refractivity contribution in [3.63, 3.8) is 0 Å². The van der Waals surface area contributed by atoms with Crippen LogP contribution in [0.3, 0.4) is 0 Å². The Balaban J connectivity index is 2.95. The first kappa shape index (κ1) is 16.3. The van der Waals surface area contributed by atoms with Gasteiger partial charge in [-0.15, -0.1) is 0 Å². The minimum absolute atomic E-state index is 0.548. The van der Waals surface area contributed by atoms with Crippen molar-refractivity contribution >= 4 is 22.1 Å². The van der Waals surface area contributed by atoms with Crippen molar-refractivity contribution in [2.24, 2.45) is 5.41 Å². The van der Waals surface area contributed by atoms with Gasteiger partial charge in [0.1, 0.15) is 5.76 Å². The molecule has 11 heteroatoms. The number of allylic oxidation sites excluding steroid dienone is 2. The van der Waals surface area contributed by atoms with E-state index in [1.165, 1.54) is 0 Å². The van der Waals surface area contributed by atoms with Crippen LogP contribution in [0.1, 0.15) is 19.3 Å². The highest BCUT2D eigenvalue weighted by atomic mass is 32.2. The van der Waals surface area contributed by atoms with Crippen LogP contribution in [0.5, 0.6) is 0 Å². The third kappa shape index (κ3) is 2.86. The highest BCUT2D eigenvalue weighted by molar-refractivity contribution is 7.87. The van der Waals surface area contributed by atoms with E-state index in [-0.39, 0.29) is 0 Å². The minimum Gasteiger partial charge on any atom is -0.480 e. The maximum Gasteiger partial charge on any atom is 0.534 e. The molecule has 20 heavy (non-hydrogen) atoms. The van der Waals surface area contributed by atoms with Crippen LogP contribution < -0.4 is 0 Å². The molecule has 1 rings (SSSR count). The molecule has 0 heterocycles. The smallest absolute Gasteiger partial charge is 0.480 e. The monoisotopic (exact) mass is 318 g/mol. The molecular weight excluding hydrogens is 309 g/mol. The van der Waals surface area contributed by atoms with E-state index in [0.29, 0.717) is 0 Å². The van der Waals surface area contributed by atoms with Crippen LogP contribution in [-0.4, -0.2) is 36.1 Å². The van der Waals surface area contributed by atoms with Crippen LogP contribution in [0.25, 0.3) is 0 Å². The Morgan fingerprint density at radius 2 is 1.75 bits per heavy atom. The predicted octanol–water partition coefficient (Wildman–Crippen LogP) is 1.08. The van der Waals surface area contributed by atoms with Gasteiger partial charge in [-0.05, 0) is 18.9 Å². The van der Waals surface area contributed by atoms with Crippen LogP contribution in [0.2, 0.25) is 0 Å². The quantitative estimate of drug-likeness (QED) is 0.452. The van der Waals surface area contributed by atoms with Crippen LogP contribution in [-0.2, 0) is 23.9 Å². The summed E-state index contributed by atoms with van der Waals surface area (Å²) >= 11 is 0. The van der Waals surface area contributed by atoms with Gasteiger partial charge in [-0.3, -0.25) is 9.59 Å². The van der Waals surface area contributed by atoms with Crippen LogP contribution in [0.4, 0.5) is 13.2 Å². The Morgan fingerprint density at radius 3 is 2.05 bits per heavy atom. The number of aliphatic carboxylic acids is 2. The Morgan fingerprint density at radius 1 is 1.25 bits per heavy atom. The summed E-state index contributed by atoms with van der Waals surface area (Å²) < 4.78 is 61.5. The van der Waals surface area contributed by atoms with Crippen LogP contribution in [0, 0.1) is 5.41 Å². The first-order chi connectivity index (χ1) is 8.92. The number of hydrogen-bond acceptors (Lipinski definition) is 5. The molecule has 0 amide bonds. The van der Waals surface area contributed by atoms with Crippen molar-refractivity contribution in [2.45, 2.75) is 24.8 Å². The number of rotatable bonds is 4. The molecule has 1 aliphatic rings. The van der Waals surface area contributed by atoms with Crippen molar-refractivity contribution in [1.29, 1.82) is 0 Å². The summed E-state index contributed by atoms with van der Waals surface area (Å²) in [6.45, 7) is 0. The molecule has 0 saturated carbocycles. The van der Waals surface area contributed by atoms with Gasteiger partial charge in [0.15, 0.2) is 5.41 Å². The van der Waals surface area contributed by atoms with E-state index < -0.39 is 58.0 Å². The molecule has 0 unspecified atom stereocenters. The van der Waals surface area contributed by atoms with Gasteiger partial charge in [0.2, 0.25) is 0 Å². The van der Waals surface area contributed by atoms with Crippen LogP contribution >= 0.6 is 0 Å². The zero-order valence-corrected chi connectivity index (χ0v) is 10.5. The van der Waals surface area contributed by atoms with Gasteiger partial charge in [-0.25, -0.2) is 0 Å². The molecule has 2 N–H and O–H groups in total. The van der Waals surface area contributed by atoms with Gasteiger partial charge in [0.25, 0.3) is 0 Å². The summed E-state index contributed by atoms with van der Waals surface area (Å²) in [6, 6.07) is 0. The Kier molecular flexibility index (Phi) is 4.04. The highest BCUT2D eigenvalue weighted by Gasteiger charge is 2.51. The number of halogens is 3. The first-order valence-corrected chi connectivity index (χ1v) is 6.50. The molecule has 0 aromatic carbocycles. The third-order valence-electron chi connectivity index (χ3n) is 2.80. The molecular formula is C9H9F3O7S. The van der Waals surface area contributed by atoms with Crippen molar-refractivity contribution in [3.05, 3.63) is 11.8 Å². The molecule has 1 aliphatic carbocycles. The zero-order chi connectivity index (χ0) is 15.8. The lowest BCUT2D eigenvalue weighted by molar-refractivity contribution is -0.165. The molecule has 0 aliphatic heterocycles. The second-order valence-corrected chi connectivity index (χ2v) is 5.59. The average Bonchev–Trinajstić information content (AvgIpc) is 2.27. The Hall–Kier alpha value is -1.78. The van der Waals surface area contributed by atoms with Gasteiger partial charge in [-0.1, -0.05) is 0 Å². The van der Waals surface area contributed by atoms with E-state index in [1.807, 2.05) is 0 Å². The van der Waals surface area contributed by atoms with Gasteiger partial charge in [-0.2, -0.15) is 21.6 Å². The SMILES string of the molecule is O=C(O)C1(C(=O)O)CC=C(OS(=O)(=O)C(F)(F)F)CC1. The fourth-order valence-corrected chi connectivity index (χ4v) is 2.10. The maximum atomic E-state index is 12.1. The van der Waals surface area contributed by atoms with E-state index in [0.717, 1.165) is 6.08 Å². The largest absolute Gasteiger partial charge is 0.534 e. The second-order valence-electron chi connectivity index (χ2n) is 4.05. The molecule has 0 spiro atoms.